The lowest BCUT2D eigenvalue weighted by molar-refractivity contribution is 0.0682. The second kappa shape index (κ2) is 24.7. The number of benzene rings is 8. The zero-order valence-corrected chi connectivity index (χ0v) is 39.7. The van der Waals surface area contributed by atoms with E-state index >= 15 is 0 Å². The zero-order chi connectivity index (χ0) is 51.6. The van der Waals surface area contributed by atoms with Crippen LogP contribution in [0.4, 0.5) is 11.4 Å². The second-order valence-electron chi connectivity index (χ2n) is 16.5. The third kappa shape index (κ3) is 14.7. The molecule has 0 unspecified atom stereocenters. The lowest BCUT2D eigenvalue weighted by Gasteiger charge is -2.26. The van der Waals surface area contributed by atoms with E-state index in [4.69, 9.17) is 40.1 Å². The number of phenolic OH excluding ortho intramolecular Hbond substituents is 1. The van der Waals surface area contributed by atoms with E-state index in [-0.39, 0.29) is 41.1 Å². The highest BCUT2D eigenvalue weighted by Gasteiger charge is 2.24. The number of amides is 1. The van der Waals surface area contributed by atoms with Crippen molar-refractivity contribution in [3.8, 4) is 58.5 Å². The second-order valence-corrected chi connectivity index (χ2v) is 16.5. The molecule has 8 aromatic carbocycles. The van der Waals surface area contributed by atoms with Crippen LogP contribution in [0.2, 0.25) is 0 Å². The predicted molar refractivity (Wildman–Crippen MR) is 276 cm³/mol. The molecule has 0 atom stereocenters. The van der Waals surface area contributed by atoms with Crippen molar-refractivity contribution in [3.05, 3.63) is 228 Å². The van der Waals surface area contributed by atoms with Crippen molar-refractivity contribution in [2.75, 3.05) is 24.0 Å². The SMILES string of the molecule is C#COc1ccc(C(=O)Nc2ccc(Oc3ccc(C(C)(C)c4ccc(Oc5ccc(NOCc6ccc(OCCOc7ccccc7)cc6C(=O)O)cc5)cc4)cc3)cc2)c(C(=O)O)c1.Oc1ccccc1. The molecule has 8 aromatic rings. The summed E-state index contributed by atoms with van der Waals surface area (Å²) in [6.07, 6.45) is 7.11. The molecule has 0 aromatic heterocycles. The van der Waals surface area contributed by atoms with Crippen molar-refractivity contribution >= 4 is 29.2 Å². The number of para-hydroxylation sites is 2. The number of rotatable bonds is 20. The van der Waals surface area contributed by atoms with Gasteiger partial charge in [0, 0.05) is 11.1 Å². The van der Waals surface area contributed by atoms with Gasteiger partial charge in [-0.15, -0.1) is 0 Å². The van der Waals surface area contributed by atoms with Crippen LogP contribution in [-0.2, 0) is 16.9 Å². The Kier molecular flexibility index (Phi) is 17.3. The van der Waals surface area contributed by atoms with Gasteiger partial charge in [0.05, 0.1) is 22.4 Å². The minimum atomic E-state index is -1.29. The number of carbonyl (C=O) groups is 3. The van der Waals surface area contributed by atoms with E-state index in [0.717, 1.165) is 16.9 Å². The van der Waals surface area contributed by atoms with Gasteiger partial charge in [-0.1, -0.05) is 87.0 Å². The summed E-state index contributed by atoms with van der Waals surface area (Å²) >= 11 is 0. The van der Waals surface area contributed by atoms with Crippen molar-refractivity contribution in [2.24, 2.45) is 0 Å². The Morgan fingerprint density at radius 1 is 0.521 bits per heavy atom. The first-order valence-corrected chi connectivity index (χ1v) is 22.7. The Hall–Kier alpha value is -9.71. The molecule has 0 aliphatic carbocycles. The van der Waals surface area contributed by atoms with E-state index < -0.39 is 17.8 Å². The highest BCUT2D eigenvalue weighted by molar-refractivity contribution is 6.11. The summed E-state index contributed by atoms with van der Waals surface area (Å²) < 4.78 is 28.4. The minimum Gasteiger partial charge on any atom is -0.508 e. The Morgan fingerprint density at radius 3 is 1.49 bits per heavy atom. The van der Waals surface area contributed by atoms with E-state index in [1.807, 2.05) is 91.0 Å². The molecule has 0 fully saturated rings. The maximum Gasteiger partial charge on any atom is 0.336 e. The van der Waals surface area contributed by atoms with Crippen molar-refractivity contribution in [2.45, 2.75) is 25.9 Å². The summed E-state index contributed by atoms with van der Waals surface area (Å²) in [5, 5.41) is 30.7. The number of phenols is 1. The zero-order valence-electron chi connectivity index (χ0n) is 39.7. The number of carbonyl (C=O) groups excluding carboxylic acids is 1. The average molecular weight is 979 g/mol. The fourth-order valence-electron chi connectivity index (χ4n) is 7.17. The van der Waals surface area contributed by atoms with Gasteiger partial charge in [-0.05, 0) is 144 Å². The lowest BCUT2D eigenvalue weighted by atomic mass is 9.78. The molecule has 5 N–H and O–H groups in total. The third-order valence-corrected chi connectivity index (χ3v) is 11.1. The van der Waals surface area contributed by atoms with Gasteiger partial charge in [0.25, 0.3) is 5.91 Å². The van der Waals surface area contributed by atoms with Gasteiger partial charge in [-0.2, -0.15) is 0 Å². The number of hydrogen-bond donors (Lipinski definition) is 5. The number of ether oxygens (including phenoxy) is 5. The fraction of sp³-hybridized carbons (Fsp3) is 0.102. The molecule has 0 bridgehead atoms. The van der Waals surface area contributed by atoms with Crippen LogP contribution in [0.1, 0.15) is 61.6 Å². The van der Waals surface area contributed by atoms with E-state index in [0.29, 0.717) is 58.0 Å². The van der Waals surface area contributed by atoms with Gasteiger partial charge in [0.2, 0.25) is 0 Å². The summed E-state index contributed by atoms with van der Waals surface area (Å²) in [5.41, 5.74) is 6.01. The first kappa shape index (κ1) is 51.1. The molecule has 73 heavy (non-hydrogen) atoms. The van der Waals surface area contributed by atoms with Gasteiger partial charge in [-0.3, -0.25) is 15.1 Å². The third-order valence-electron chi connectivity index (χ3n) is 11.1. The summed E-state index contributed by atoms with van der Waals surface area (Å²) in [6, 6.07) is 56.4. The number of aromatic hydroxyl groups is 1. The Balaban J connectivity index is 0.00000103. The molecule has 14 nitrogen and oxygen atoms in total. The van der Waals surface area contributed by atoms with Crippen LogP contribution in [0.3, 0.4) is 0 Å². The number of nitrogens with one attached hydrogen (secondary N) is 2. The van der Waals surface area contributed by atoms with Crippen molar-refractivity contribution in [3.63, 3.8) is 0 Å². The van der Waals surface area contributed by atoms with Gasteiger partial charge in [-0.25, -0.2) is 9.59 Å². The first-order chi connectivity index (χ1) is 35.3. The molecule has 8 rings (SSSR count). The molecular formula is C59H50N2O12. The Bertz CT molecular complexity index is 3140. The summed E-state index contributed by atoms with van der Waals surface area (Å²) in [7, 11) is 0. The molecule has 368 valence electrons. The molecular weight excluding hydrogens is 929 g/mol. The van der Waals surface area contributed by atoms with Gasteiger partial charge < -0.3 is 44.3 Å². The topological polar surface area (TPSA) is 191 Å². The van der Waals surface area contributed by atoms with Crippen LogP contribution in [0.5, 0.6) is 46.0 Å². The average Bonchev–Trinajstić information content (AvgIpc) is 3.40. The monoisotopic (exact) mass is 978 g/mol. The Labute approximate surface area is 421 Å². The molecule has 14 heteroatoms. The lowest BCUT2D eigenvalue weighted by Crippen LogP contribution is -2.18. The van der Waals surface area contributed by atoms with Crippen molar-refractivity contribution in [1.29, 1.82) is 0 Å². The van der Waals surface area contributed by atoms with Crippen LogP contribution >= 0.6 is 0 Å². The highest BCUT2D eigenvalue weighted by Crippen LogP contribution is 2.35. The number of carboxylic acids is 2. The predicted octanol–water partition coefficient (Wildman–Crippen LogP) is 12.6. The molecule has 1 amide bonds. The standard InChI is InChI=1S/C53H44N2O11.C6H6O/c1-4-61-45-28-29-47(49(33-45)52(59)60)50(56)54-38-15-24-43(25-16-38)65-41-20-11-36(12-21-41)53(2,3)37-13-22-42(23-14-37)66-44-26-17-39(18-27-44)55-64-34-35-10-19-46(32-48(35)51(57)58)63-31-30-62-40-8-6-5-7-9-40;7-6-4-2-1-3-5-6/h1,5-29,32-33,55H,30-31,34H2,2-3H3,(H,54,56)(H,57,58)(H,59,60);1-5,7H. The van der Waals surface area contributed by atoms with Crippen LogP contribution < -0.4 is 34.5 Å². The molecule has 0 saturated heterocycles. The molecule has 0 aliphatic heterocycles. The maximum absolute atomic E-state index is 12.9. The van der Waals surface area contributed by atoms with Crippen molar-refractivity contribution in [1.82, 2.24) is 0 Å². The van der Waals surface area contributed by atoms with E-state index in [1.54, 1.807) is 84.9 Å². The largest absolute Gasteiger partial charge is 0.508 e. The van der Waals surface area contributed by atoms with Gasteiger partial charge in [0.15, 0.2) is 0 Å². The van der Waals surface area contributed by atoms with Crippen molar-refractivity contribution < 1.29 is 58.2 Å². The summed E-state index contributed by atoms with van der Waals surface area (Å²) in [4.78, 5) is 42.3. The summed E-state index contributed by atoms with van der Waals surface area (Å²) in [5.74, 6) is 1.05. The van der Waals surface area contributed by atoms with Crippen LogP contribution in [0.25, 0.3) is 0 Å². The fourth-order valence-corrected chi connectivity index (χ4v) is 7.17. The number of aromatic carboxylic acids is 2. The van der Waals surface area contributed by atoms with Crippen LogP contribution in [-0.4, -0.2) is 46.4 Å². The number of terminal acetylenes is 1. The minimum absolute atomic E-state index is 0.00112. The molecule has 0 radical (unpaired) electrons. The smallest absolute Gasteiger partial charge is 0.336 e. The van der Waals surface area contributed by atoms with Crippen LogP contribution in [0.15, 0.2) is 194 Å². The molecule has 0 spiro atoms. The van der Waals surface area contributed by atoms with Gasteiger partial charge in [0.1, 0.15) is 71.9 Å². The molecule has 0 saturated carbocycles. The van der Waals surface area contributed by atoms with E-state index in [2.05, 4.69) is 24.6 Å². The number of carboxylic acid groups (broad SMARTS) is 2. The number of hydrogen-bond acceptors (Lipinski definition) is 11. The molecule has 0 aliphatic rings. The highest BCUT2D eigenvalue weighted by atomic mass is 16.6. The summed E-state index contributed by atoms with van der Waals surface area (Å²) in [6.45, 7) is 4.83. The van der Waals surface area contributed by atoms with Crippen LogP contribution in [0, 0.1) is 12.5 Å². The quantitative estimate of drug-likeness (QED) is 0.0276. The van der Waals surface area contributed by atoms with Gasteiger partial charge >= 0.3 is 11.9 Å². The normalized spacial score (nSPS) is 10.6. The Morgan fingerprint density at radius 2 is 0.986 bits per heavy atom. The number of anilines is 2. The maximum atomic E-state index is 12.9. The van der Waals surface area contributed by atoms with E-state index in [1.165, 1.54) is 24.3 Å². The van der Waals surface area contributed by atoms with E-state index in [9.17, 15) is 24.6 Å². The molecule has 0 heterocycles. The first-order valence-electron chi connectivity index (χ1n) is 22.7.